The molecule has 4 heteroatoms. The smallest absolute Gasteiger partial charge is 0.138 e. The maximum Gasteiger partial charge on any atom is 0.138 e. The van der Waals surface area contributed by atoms with Gasteiger partial charge in [0.2, 0.25) is 0 Å². The third-order valence-corrected chi connectivity index (χ3v) is 2.41. The molecular weight excluding hydrogens is 224 g/mol. The second-order valence-corrected chi connectivity index (χ2v) is 4.16. The Bertz CT molecular complexity index is 373. The predicted molar refractivity (Wildman–Crippen MR) is 62.8 cm³/mol. The number of carbonyl (C=O) groups excluding carboxylic acids is 1. The lowest BCUT2D eigenvalue weighted by atomic mass is 10.0. The highest BCUT2D eigenvalue weighted by atomic mass is 19.1. The van der Waals surface area contributed by atoms with Gasteiger partial charge in [0, 0.05) is 24.9 Å². The normalized spacial score (nSPS) is 12.5. The van der Waals surface area contributed by atoms with Gasteiger partial charge in [-0.05, 0) is 31.2 Å². The lowest BCUT2D eigenvalue weighted by Gasteiger charge is -2.11. The summed E-state index contributed by atoms with van der Waals surface area (Å²) in [6.45, 7) is 4.67. The van der Waals surface area contributed by atoms with E-state index in [0.717, 1.165) is 12.6 Å². The molecule has 94 valence electrons. The fourth-order valence-electron chi connectivity index (χ4n) is 1.77. The van der Waals surface area contributed by atoms with E-state index in [0.29, 0.717) is 12.0 Å². The largest absolute Gasteiger partial charge is 0.314 e. The summed E-state index contributed by atoms with van der Waals surface area (Å²) >= 11 is 0. The Morgan fingerprint density at radius 2 is 1.88 bits per heavy atom. The van der Waals surface area contributed by atoms with E-state index >= 15 is 0 Å². The topological polar surface area (TPSA) is 29.1 Å². The molecule has 0 amide bonds. The SMILES string of the molecule is CCNC(C)CC(=O)Cc1cc(F)cc(F)c1. The van der Waals surface area contributed by atoms with Crippen LogP contribution in [0.15, 0.2) is 18.2 Å². The zero-order chi connectivity index (χ0) is 12.8. The number of nitrogens with one attached hydrogen (secondary N) is 1. The molecule has 0 saturated heterocycles. The second kappa shape index (κ2) is 6.45. The quantitative estimate of drug-likeness (QED) is 0.829. The molecule has 1 atom stereocenters. The monoisotopic (exact) mass is 241 g/mol. The van der Waals surface area contributed by atoms with Crippen molar-refractivity contribution < 1.29 is 13.6 Å². The number of rotatable bonds is 6. The van der Waals surface area contributed by atoms with Gasteiger partial charge in [0.15, 0.2) is 0 Å². The number of Topliss-reactive ketones (excluding diaryl/α,β-unsaturated/α-hetero) is 1. The summed E-state index contributed by atoms with van der Waals surface area (Å²) in [6, 6.07) is 3.28. The average Bonchev–Trinajstić information content (AvgIpc) is 2.14. The molecular formula is C13H17F2NO. The zero-order valence-electron chi connectivity index (χ0n) is 10.1. The van der Waals surface area contributed by atoms with Crippen molar-refractivity contribution in [1.82, 2.24) is 5.32 Å². The Hall–Kier alpha value is -1.29. The minimum Gasteiger partial charge on any atom is -0.314 e. The molecule has 0 spiro atoms. The summed E-state index contributed by atoms with van der Waals surface area (Å²) in [4.78, 5) is 11.6. The van der Waals surface area contributed by atoms with E-state index in [-0.39, 0.29) is 18.2 Å². The number of benzene rings is 1. The highest BCUT2D eigenvalue weighted by molar-refractivity contribution is 5.81. The first kappa shape index (κ1) is 13.8. The number of ketones is 1. The molecule has 0 aliphatic rings. The molecule has 1 N–H and O–H groups in total. The Labute approximate surface area is 100 Å². The van der Waals surface area contributed by atoms with Gasteiger partial charge in [-0.3, -0.25) is 4.79 Å². The molecule has 0 saturated carbocycles. The van der Waals surface area contributed by atoms with Crippen molar-refractivity contribution in [3.05, 3.63) is 35.4 Å². The molecule has 0 bridgehead atoms. The number of hydrogen-bond acceptors (Lipinski definition) is 2. The predicted octanol–water partition coefficient (Wildman–Crippen LogP) is 2.46. The summed E-state index contributed by atoms with van der Waals surface area (Å²) in [5, 5.41) is 3.12. The van der Waals surface area contributed by atoms with Crippen LogP contribution < -0.4 is 5.32 Å². The Morgan fingerprint density at radius 1 is 1.29 bits per heavy atom. The van der Waals surface area contributed by atoms with Crippen LogP contribution in [-0.2, 0) is 11.2 Å². The summed E-state index contributed by atoms with van der Waals surface area (Å²) in [6.07, 6.45) is 0.441. The van der Waals surface area contributed by atoms with Gasteiger partial charge >= 0.3 is 0 Å². The highest BCUT2D eigenvalue weighted by Gasteiger charge is 2.10. The van der Waals surface area contributed by atoms with Gasteiger partial charge < -0.3 is 5.32 Å². The van der Waals surface area contributed by atoms with E-state index in [9.17, 15) is 13.6 Å². The van der Waals surface area contributed by atoms with E-state index in [1.165, 1.54) is 12.1 Å². The van der Waals surface area contributed by atoms with Crippen molar-refractivity contribution in [3.8, 4) is 0 Å². The molecule has 1 aromatic carbocycles. The van der Waals surface area contributed by atoms with Crippen LogP contribution in [0.1, 0.15) is 25.8 Å². The lowest BCUT2D eigenvalue weighted by Crippen LogP contribution is -2.28. The third-order valence-electron chi connectivity index (χ3n) is 2.41. The van der Waals surface area contributed by atoms with Crippen LogP contribution in [0.4, 0.5) is 8.78 Å². The summed E-state index contributed by atoms with van der Waals surface area (Å²) in [7, 11) is 0. The number of halogens is 2. The van der Waals surface area contributed by atoms with Crippen LogP contribution in [0.2, 0.25) is 0 Å². The molecule has 0 aliphatic heterocycles. The molecule has 0 aromatic heterocycles. The molecule has 0 heterocycles. The number of hydrogen-bond donors (Lipinski definition) is 1. The standard InChI is InChI=1S/C13H17F2NO/c1-3-16-9(2)4-13(17)7-10-5-11(14)8-12(15)6-10/h5-6,8-9,16H,3-4,7H2,1-2H3. The third kappa shape index (κ3) is 5.04. The average molecular weight is 241 g/mol. The van der Waals surface area contributed by atoms with Gasteiger partial charge in [-0.2, -0.15) is 0 Å². The van der Waals surface area contributed by atoms with Crippen molar-refractivity contribution in [1.29, 1.82) is 0 Å². The van der Waals surface area contributed by atoms with E-state index in [1.54, 1.807) is 0 Å². The lowest BCUT2D eigenvalue weighted by molar-refractivity contribution is -0.118. The first-order valence-electron chi connectivity index (χ1n) is 5.71. The fraction of sp³-hybridized carbons (Fsp3) is 0.462. The number of carbonyl (C=O) groups is 1. The summed E-state index contributed by atoms with van der Waals surface area (Å²) in [5.41, 5.74) is 0.385. The molecule has 0 radical (unpaired) electrons. The van der Waals surface area contributed by atoms with Crippen molar-refractivity contribution in [2.75, 3.05) is 6.54 Å². The molecule has 0 fully saturated rings. The van der Waals surface area contributed by atoms with E-state index in [2.05, 4.69) is 5.32 Å². The van der Waals surface area contributed by atoms with Gasteiger partial charge in [0.25, 0.3) is 0 Å². The maximum atomic E-state index is 12.9. The van der Waals surface area contributed by atoms with Gasteiger partial charge in [0.05, 0.1) is 0 Å². The van der Waals surface area contributed by atoms with Gasteiger partial charge in [0.1, 0.15) is 17.4 Å². The molecule has 1 unspecified atom stereocenters. The molecule has 1 rings (SSSR count). The van der Waals surface area contributed by atoms with E-state index in [4.69, 9.17) is 0 Å². The van der Waals surface area contributed by atoms with Crippen LogP contribution in [0.25, 0.3) is 0 Å². The van der Waals surface area contributed by atoms with E-state index in [1.807, 2.05) is 13.8 Å². The van der Waals surface area contributed by atoms with Crippen molar-refractivity contribution in [3.63, 3.8) is 0 Å². The van der Waals surface area contributed by atoms with E-state index < -0.39 is 11.6 Å². The van der Waals surface area contributed by atoms with Crippen molar-refractivity contribution in [2.45, 2.75) is 32.7 Å². The molecule has 0 aliphatic carbocycles. The highest BCUT2D eigenvalue weighted by Crippen LogP contribution is 2.10. The van der Waals surface area contributed by atoms with Crippen LogP contribution in [0.3, 0.4) is 0 Å². The summed E-state index contributed by atoms with van der Waals surface area (Å²) < 4.78 is 25.8. The van der Waals surface area contributed by atoms with Crippen LogP contribution in [0.5, 0.6) is 0 Å². The van der Waals surface area contributed by atoms with Crippen molar-refractivity contribution >= 4 is 5.78 Å². The van der Waals surface area contributed by atoms with Crippen LogP contribution in [-0.4, -0.2) is 18.4 Å². The van der Waals surface area contributed by atoms with Crippen molar-refractivity contribution in [2.24, 2.45) is 0 Å². The van der Waals surface area contributed by atoms with Crippen LogP contribution >= 0.6 is 0 Å². The molecule has 1 aromatic rings. The minimum atomic E-state index is -0.646. The first-order valence-corrected chi connectivity index (χ1v) is 5.71. The van der Waals surface area contributed by atoms with Gasteiger partial charge in [-0.25, -0.2) is 8.78 Å². The fourth-order valence-corrected chi connectivity index (χ4v) is 1.77. The minimum absolute atomic E-state index is 0.0246. The summed E-state index contributed by atoms with van der Waals surface area (Å²) in [5.74, 6) is -1.32. The Kier molecular flexibility index (Phi) is 5.22. The Balaban J connectivity index is 2.56. The van der Waals surface area contributed by atoms with Crippen LogP contribution in [0, 0.1) is 11.6 Å². The van der Waals surface area contributed by atoms with Gasteiger partial charge in [-0.15, -0.1) is 0 Å². The molecule has 2 nitrogen and oxygen atoms in total. The Morgan fingerprint density at radius 3 is 2.41 bits per heavy atom. The maximum absolute atomic E-state index is 12.9. The first-order chi connectivity index (χ1) is 8.01. The second-order valence-electron chi connectivity index (χ2n) is 4.16. The molecule has 17 heavy (non-hydrogen) atoms. The zero-order valence-corrected chi connectivity index (χ0v) is 10.1. The van der Waals surface area contributed by atoms with Gasteiger partial charge in [-0.1, -0.05) is 6.92 Å².